The summed E-state index contributed by atoms with van der Waals surface area (Å²) in [6.45, 7) is 16.4. The summed E-state index contributed by atoms with van der Waals surface area (Å²) >= 11 is 1.49. The lowest BCUT2D eigenvalue weighted by molar-refractivity contribution is -0.150. The number of ether oxygens (including phenoxy) is 8. The van der Waals surface area contributed by atoms with Gasteiger partial charge in [-0.25, -0.2) is 4.98 Å². The van der Waals surface area contributed by atoms with E-state index < -0.39 is 41.7 Å². The quantitative estimate of drug-likeness (QED) is 0.0694. The Balaban J connectivity index is 1.02. The summed E-state index contributed by atoms with van der Waals surface area (Å²) in [6, 6.07) is 7.76. The van der Waals surface area contributed by atoms with Crippen LogP contribution in [-0.4, -0.2) is 222 Å². The highest BCUT2D eigenvalue weighted by molar-refractivity contribution is 7.09. The number of likely N-dealkylation sites (N-methyl/N-ethyl adjacent to an activating group) is 1. The molecule has 9 atom stereocenters. The van der Waals surface area contributed by atoms with Gasteiger partial charge in [0.15, 0.2) is 0 Å². The fraction of sp³-hybridized carbons (Fsp3) is 0.700. The molecule has 3 aliphatic rings. The molecule has 0 spiro atoms. The molecule has 0 saturated carbocycles. The van der Waals surface area contributed by atoms with Crippen LogP contribution in [0.1, 0.15) is 103 Å². The molecule has 83 heavy (non-hydrogen) atoms. The largest absolute Gasteiger partial charge is 0.379 e. The van der Waals surface area contributed by atoms with Gasteiger partial charge in [-0.1, -0.05) is 71.4 Å². The van der Waals surface area contributed by atoms with Gasteiger partial charge in [0.2, 0.25) is 29.5 Å². The van der Waals surface area contributed by atoms with E-state index in [4.69, 9.17) is 37.9 Å². The fourth-order valence-electron chi connectivity index (χ4n) is 11.0. The van der Waals surface area contributed by atoms with E-state index in [1.54, 1.807) is 44.2 Å². The first-order valence-corrected chi connectivity index (χ1v) is 30.3. The van der Waals surface area contributed by atoms with Gasteiger partial charge in [-0.3, -0.25) is 38.5 Å². The first-order chi connectivity index (χ1) is 40.0. The van der Waals surface area contributed by atoms with Crippen molar-refractivity contribution < 1.29 is 71.5 Å². The number of likely N-dealkylation sites (tertiary alicyclic amines) is 2. The lowest BCUT2D eigenvalue weighted by Crippen LogP contribution is -2.62. The zero-order valence-electron chi connectivity index (χ0n) is 50.4. The Morgan fingerprint density at radius 1 is 0.771 bits per heavy atom. The van der Waals surface area contributed by atoms with Crippen molar-refractivity contribution >= 4 is 52.7 Å². The van der Waals surface area contributed by atoms with E-state index in [2.05, 4.69) is 15.6 Å². The Labute approximate surface area is 494 Å². The molecule has 4 heterocycles. The number of thiazole rings is 1. The SMILES string of the molecule is CC[C@H](C)[C@@H]([C@@H](CC(=O)N1CCC[C@H]1[C@H](OC)[C@@H](C)C(=O)N[C@@H](Cc1ccccc1)c1nccs1)OC)N(C)C(=O)[C@@H](NC(=O)[C@]1(C)CCCN1C(=O)CCOCCOCCOCCOCCOCCOCCN1C(=O)C=CC1=O)C(C)C. The van der Waals surface area contributed by atoms with Gasteiger partial charge in [0.25, 0.3) is 11.8 Å². The molecule has 2 fully saturated rings. The molecule has 7 amide bonds. The highest BCUT2D eigenvalue weighted by Gasteiger charge is 2.48. The van der Waals surface area contributed by atoms with E-state index in [0.717, 1.165) is 21.9 Å². The van der Waals surface area contributed by atoms with Gasteiger partial charge in [-0.05, 0) is 56.4 Å². The van der Waals surface area contributed by atoms with E-state index in [1.165, 1.54) is 23.5 Å². The number of carbonyl (C=O) groups excluding carboxylic acids is 7. The van der Waals surface area contributed by atoms with Crippen molar-refractivity contribution in [1.29, 1.82) is 0 Å². The van der Waals surface area contributed by atoms with Crippen molar-refractivity contribution in [3.63, 3.8) is 0 Å². The predicted octanol–water partition coefficient (Wildman–Crippen LogP) is 4.40. The standard InChI is InChI=1S/C60H93N7O15S/c1-10-43(4)54(48(75-8)41-52(71)65-24-14-18-47(65)55(76-9)44(5)56(72)62-46(57-61-23-39-83-57)40-45-16-12-11-13-17-45)64(7)58(73)53(42(2)3)63-59(74)60(6)22-15-25-67(60)51(70)21-27-77-29-31-79-33-35-81-37-38-82-36-34-80-32-30-78-28-26-66-49(68)19-20-50(66)69/h11-13,16-17,19-20,23,39,42-44,46-48,53-55H,10,14-15,18,21-22,24-38,40-41H2,1-9H3,(H,62,72)(H,63,74)/t43-,44+,46-,47-,48+,53-,54-,55+,60-/m0/s1. The van der Waals surface area contributed by atoms with E-state index >= 15 is 0 Å². The molecule has 0 aliphatic carbocycles. The third kappa shape index (κ3) is 20.5. The molecular weight excluding hydrogens is 1090 g/mol. The maximum Gasteiger partial charge on any atom is 0.253 e. The molecule has 0 unspecified atom stereocenters. The molecule has 3 aliphatic heterocycles. The Morgan fingerprint density at radius 2 is 1.36 bits per heavy atom. The molecule has 2 saturated heterocycles. The molecule has 1 aromatic heterocycles. The normalized spacial score (nSPS) is 19.7. The van der Waals surface area contributed by atoms with Crippen LogP contribution in [0.2, 0.25) is 0 Å². The number of nitrogens with one attached hydrogen (secondary N) is 2. The van der Waals surface area contributed by atoms with Gasteiger partial charge >= 0.3 is 0 Å². The average Bonchev–Trinajstić information content (AvgIpc) is 4.55. The lowest BCUT2D eigenvalue weighted by atomic mass is 9.89. The number of hydrogen-bond acceptors (Lipinski definition) is 17. The Bertz CT molecular complexity index is 2330. The minimum Gasteiger partial charge on any atom is -0.379 e. The Kier molecular flexibility index (Phi) is 29.7. The summed E-state index contributed by atoms with van der Waals surface area (Å²) in [7, 11) is 4.83. The summed E-state index contributed by atoms with van der Waals surface area (Å²) in [5, 5.41) is 8.98. The number of amides is 7. The zero-order valence-corrected chi connectivity index (χ0v) is 51.2. The number of nitrogens with zero attached hydrogens (tertiary/aromatic N) is 5. The maximum atomic E-state index is 14.7. The molecule has 23 heteroatoms. The molecule has 0 bridgehead atoms. The number of benzene rings is 1. The molecule has 0 radical (unpaired) electrons. The van der Waals surface area contributed by atoms with Crippen LogP contribution < -0.4 is 10.6 Å². The van der Waals surface area contributed by atoms with Gasteiger partial charge in [-0.2, -0.15) is 0 Å². The van der Waals surface area contributed by atoms with Crippen LogP contribution in [-0.2, 0) is 77.9 Å². The second-order valence-corrected chi connectivity index (χ2v) is 22.8. The van der Waals surface area contributed by atoms with Gasteiger partial charge in [0.05, 0.1) is 135 Å². The summed E-state index contributed by atoms with van der Waals surface area (Å²) in [5.74, 6) is -3.00. The van der Waals surface area contributed by atoms with E-state index in [0.29, 0.717) is 105 Å². The van der Waals surface area contributed by atoms with Gasteiger partial charge < -0.3 is 63.2 Å². The predicted molar refractivity (Wildman–Crippen MR) is 311 cm³/mol. The van der Waals surface area contributed by atoms with Crippen molar-refractivity contribution in [2.75, 3.05) is 120 Å². The van der Waals surface area contributed by atoms with Gasteiger partial charge in [0, 0.05) is 58.1 Å². The minimum atomic E-state index is -1.19. The Hall–Kier alpha value is -5.24. The number of rotatable bonds is 40. The zero-order chi connectivity index (χ0) is 60.3. The Morgan fingerprint density at radius 3 is 1.90 bits per heavy atom. The third-order valence-electron chi connectivity index (χ3n) is 15.9. The fourth-order valence-corrected chi connectivity index (χ4v) is 11.7. The second-order valence-electron chi connectivity index (χ2n) is 21.9. The van der Waals surface area contributed by atoms with Gasteiger partial charge in [0.1, 0.15) is 16.6 Å². The summed E-state index contributed by atoms with van der Waals surface area (Å²) < 4.78 is 45.4. The van der Waals surface area contributed by atoms with Crippen LogP contribution in [0.5, 0.6) is 0 Å². The number of methoxy groups -OCH3 is 2. The first kappa shape index (κ1) is 68.5. The topological polar surface area (TPSA) is 243 Å². The van der Waals surface area contributed by atoms with Crippen molar-refractivity contribution in [1.82, 2.24) is 35.2 Å². The molecule has 2 N–H and O–H groups in total. The van der Waals surface area contributed by atoms with Crippen LogP contribution in [0.25, 0.3) is 0 Å². The van der Waals surface area contributed by atoms with Gasteiger partial charge in [-0.15, -0.1) is 11.3 Å². The van der Waals surface area contributed by atoms with Crippen molar-refractivity contribution in [2.24, 2.45) is 17.8 Å². The first-order valence-electron chi connectivity index (χ1n) is 29.4. The van der Waals surface area contributed by atoms with E-state index in [1.807, 2.05) is 75.2 Å². The molecule has 22 nitrogen and oxygen atoms in total. The molecule has 1 aromatic carbocycles. The number of aromatic nitrogens is 1. The van der Waals surface area contributed by atoms with E-state index in [9.17, 15) is 33.6 Å². The van der Waals surface area contributed by atoms with E-state index in [-0.39, 0.29) is 98.6 Å². The summed E-state index contributed by atoms with van der Waals surface area (Å²) in [4.78, 5) is 105. The number of carbonyl (C=O) groups is 7. The maximum absolute atomic E-state index is 14.7. The molecule has 5 rings (SSSR count). The highest BCUT2D eigenvalue weighted by atomic mass is 32.1. The second kappa shape index (κ2) is 35.9. The summed E-state index contributed by atoms with van der Waals surface area (Å²) in [6.07, 6.45) is 6.66. The highest BCUT2D eigenvalue weighted by Crippen LogP contribution is 2.33. The third-order valence-corrected chi connectivity index (χ3v) is 16.8. The van der Waals surface area contributed by atoms with Crippen LogP contribution in [0.3, 0.4) is 0 Å². The molecule has 464 valence electrons. The lowest BCUT2D eigenvalue weighted by Gasteiger charge is -2.41. The van der Waals surface area contributed by atoms with Crippen LogP contribution in [0.15, 0.2) is 54.1 Å². The minimum absolute atomic E-state index is 0.0209. The van der Waals surface area contributed by atoms with Crippen LogP contribution in [0, 0.1) is 17.8 Å². The average molecular weight is 1180 g/mol. The smallest absolute Gasteiger partial charge is 0.253 e. The van der Waals surface area contributed by atoms with Crippen LogP contribution in [0.4, 0.5) is 0 Å². The number of imide groups is 1. The monoisotopic (exact) mass is 1180 g/mol. The molecular formula is C60H93N7O15S. The van der Waals surface area contributed by atoms with Crippen molar-refractivity contribution in [3.05, 3.63) is 64.6 Å². The molecule has 2 aromatic rings. The van der Waals surface area contributed by atoms with Crippen molar-refractivity contribution in [3.8, 4) is 0 Å². The van der Waals surface area contributed by atoms with Crippen molar-refractivity contribution in [2.45, 2.75) is 135 Å². The van der Waals surface area contributed by atoms with Crippen LogP contribution >= 0.6 is 11.3 Å². The number of hydrogen-bond donors (Lipinski definition) is 2. The summed E-state index contributed by atoms with van der Waals surface area (Å²) in [5.41, 5.74) is -0.116.